The molecular formula is C32H22Br2N4O4. The highest BCUT2D eigenvalue weighted by Crippen LogP contribution is 2.29. The maximum Gasteiger partial charge on any atom is 0.282 e. The quantitative estimate of drug-likeness (QED) is 0.175. The van der Waals surface area contributed by atoms with Gasteiger partial charge in [-0.1, -0.05) is 45.8 Å². The fourth-order valence-corrected chi connectivity index (χ4v) is 5.22. The molecule has 0 atom stereocenters. The highest BCUT2D eigenvalue weighted by Gasteiger charge is 2.17. The Labute approximate surface area is 256 Å². The van der Waals surface area contributed by atoms with Crippen LogP contribution in [0.1, 0.15) is 11.1 Å². The van der Waals surface area contributed by atoms with Gasteiger partial charge in [-0.2, -0.15) is 9.78 Å². The van der Waals surface area contributed by atoms with Crippen LogP contribution < -0.4 is 15.6 Å². The number of carbonyl (C=O) groups excluding carboxylic acids is 1. The van der Waals surface area contributed by atoms with Gasteiger partial charge in [-0.3, -0.25) is 9.59 Å². The number of anilines is 1. The molecule has 6 aromatic rings. The van der Waals surface area contributed by atoms with Crippen LogP contribution in [0.2, 0.25) is 0 Å². The molecule has 0 aliphatic heterocycles. The van der Waals surface area contributed by atoms with Crippen LogP contribution in [0.3, 0.4) is 0 Å². The Kier molecular flexibility index (Phi) is 7.73. The molecule has 0 saturated carbocycles. The number of rotatable bonds is 7. The minimum Gasteiger partial charge on any atom is -0.483 e. The number of carbonyl (C=O) groups is 1. The average molecular weight is 686 g/mol. The summed E-state index contributed by atoms with van der Waals surface area (Å²) in [5.74, 6) is 0.910. The number of para-hydroxylation sites is 1. The van der Waals surface area contributed by atoms with Crippen molar-refractivity contribution in [3.05, 3.63) is 121 Å². The Bertz CT molecular complexity index is 2050. The molecule has 1 amide bonds. The first kappa shape index (κ1) is 27.6. The zero-order valence-electron chi connectivity index (χ0n) is 22.2. The molecule has 0 spiro atoms. The number of nitrogens with one attached hydrogen (secondary N) is 1. The topological polar surface area (TPSA) is 98.7 Å². The van der Waals surface area contributed by atoms with Crippen LogP contribution in [0, 0.1) is 6.92 Å². The predicted octanol–water partition coefficient (Wildman–Crippen LogP) is 7.54. The first-order chi connectivity index (χ1) is 20.3. The molecule has 0 aliphatic rings. The fraction of sp³-hybridized carbons (Fsp3) is 0.0625. The zero-order valence-corrected chi connectivity index (χ0v) is 25.3. The van der Waals surface area contributed by atoms with Crippen molar-refractivity contribution in [2.75, 3.05) is 11.9 Å². The van der Waals surface area contributed by atoms with Gasteiger partial charge in [-0.05, 0) is 95.1 Å². The van der Waals surface area contributed by atoms with Gasteiger partial charge in [-0.25, -0.2) is 4.98 Å². The molecule has 0 radical (unpaired) electrons. The van der Waals surface area contributed by atoms with E-state index >= 15 is 0 Å². The monoisotopic (exact) mass is 684 g/mol. The number of aryl methyl sites for hydroxylation is 1. The van der Waals surface area contributed by atoms with Crippen LogP contribution in [-0.2, 0) is 4.79 Å². The third-order valence-corrected chi connectivity index (χ3v) is 7.54. The van der Waals surface area contributed by atoms with Crippen molar-refractivity contribution in [2.24, 2.45) is 5.10 Å². The lowest BCUT2D eigenvalue weighted by Gasteiger charge is -2.10. The van der Waals surface area contributed by atoms with Crippen molar-refractivity contribution in [1.82, 2.24) is 9.66 Å². The molecular weight excluding hydrogens is 664 g/mol. The second-order valence-corrected chi connectivity index (χ2v) is 11.3. The van der Waals surface area contributed by atoms with Crippen molar-refractivity contribution >= 4 is 71.5 Å². The molecule has 0 saturated heterocycles. The fourth-order valence-electron chi connectivity index (χ4n) is 4.33. The van der Waals surface area contributed by atoms with E-state index in [1.807, 2.05) is 61.5 Å². The van der Waals surface area contributed by atoms with Crippen LogP contribution in [-0.4, -0.2) is 28.4 Å². The Balaban J connectivity index is 1.26. The molecule has 8 nitrogen and oxygen atoms in total. The van der Waals surface area contributed by atoms with Crippen molar-refractivity contribution in [1.29, 1.82) is 0 Å². The lowest BCUT2D eigenvalue weighted by molar-refractivity contribution is -0.118. The summed E-state index contributed by atoms with van der Waals surface area (Å²) in [5.41, 5.74) is 3.38. The van der Waals surface area contributed by atoms with Gasteiger partial charge in [0.2, 0.25) is 5.82 Å². The van der Waals surface area contributed by atoms with E-state index in [-0.39, 0.29) is 23.9 Å². The van der Waals surface area contributed by atoms with E-state index in [1.165, 1.54) is 4.68 Å². The Morgan fingerprint density at radius 2 is 1.83 bits per heavy atom. The number of benzene rings is 4. The largest absolute Gasteiger partial charge is 0.483 e. The first-order valence-electron chi connectivity index (χ1n) is 12.9. The normalized spacial score (nSPS) is 11.4. The number of hydrogen-bond acceptors (Lipinski definition) is 6. The summed E-state index contributed by atoms with van der Waals surface area (Å²) < 4.78 is 14.5. The molecule has 1 N–H and O–H groups in total. The number of nitrogens with zero attached hydrogens (tertiary/aromatic N) is 3. The van der Waals surface area contributed by atoms with Crippen molar-refractivity contribution in [3.8, 4) is 17.3 Å². The molecule has 6 rings (SSSR count). The summed E-state index contributed by atoms with van der Waals surface area (Å²) >= 11 is 6.99. The van der Waals surface area contributed by atoms with Gasteiger partial charge < -0.3 is 14.5 Å². The predicted molar refractivity (Wildman–Crippen MR) is 171 cm³/mol. The molecule has 0 bridgehead atoms. The van der Waals surface area contributed by atoms with E-state index in [9.17, 15) is 9.59 Å². The van der Waals surface area contributed by atoms with Crippen LogP contribution in [0.5, 0.6) is 5.75 Å². The van der Waals surface area contributed by atoms with Crippen LogP contribution in [0.25, 0.3) is 33.5 Å². The average Bonchev–Trinajstić information content (AvgIpc) is 3.40. The molecule has 10 heteroatoms. The van der Waals surface area contributed by atoms with E-state index in [2.05, 4.69) is 42.3 Å². The number of amides is 1. The Morgan fingerprint density at radius 3 is 2.64 bits per heavy atom. The van der Waals surface area contributed by atoms with Crippen molar-refractivity contribution < 1.29 is 13.9 Å². The summed E-state index contributed by atoms with van der Waals surface area (Å²) in [6.07, 6.45) is 1.55. The van der Waals surface area contributed by atoms with E-state index in [0.717, 1.165) is 15.4 Å². The van der Waals surface area contributed by atoms with Gasteiger partial charge in [0.15, 0.2) is 12.4 Å². The number of aromatic nitrogens is 2. The van der Waals surface area contributed by atoms with Crippen LogP contribution in [0.15, 0.2) is 114 Å². The number of furan rings is 1. The Hall–Kier alpha value is -4.54. The molecule has 42 heavy (non-hydrogen) atoms. The lowest BCUT2D eigenvalue weighted by Crippen LogP contribution is -2.20. The highest BCUT2D eigenvalue weighted by atomic mass is 79.9. The lowest BCUT2D eigenvalue weighted by atomic mass is 10.2. The standard InChI is InChI=1S/C32H22Br2N4O4/c1-19-6-10-23(11-7-19)36-30(39)18-41-28-12-8-20(14-25(28)34)17-35-38-31(37-26-5-3-2-4-24(26)32(38)40)29-16-21-15-22(33)9-13-27(21)42-29/h2-17H,18H2,1H3,(H,36,39). The molecule has 0 fully saturated rings. The van der Waals surface area contributed by atoms with Crippen molar-refractivity contribution in [3.63, 3.8) is 0 Å². The summed E-state index contributed by atoms with van der Waals surface area (Å²) in [4.78, 5) is 30.6. The summed E-state index contributed by atoms with van der Waals surface area (Å²) in [6.45, 7) is 1.83. The molecule has 0 unspecified atom stereocenters. The van der Waals surface area contributed by atoms with E-state index < -0.39 is 0 Å². The minimum absolute atomic E-state index is 0.157. The third kappa shape index (κ3) is 5.90. The molecule has 0 aliphatic carbocycles. The number of hydrogen-bond donors (Lipinski definition) is 1. The van der Waals surface area contributed by atoms with E-state index in [0.29, 0.717) is 43.7 Å². The third-order valence-electron chi connectivity index (χ3n) is 6.42. The van der Waals surface area contributed by atoms with Crippen LogP contribution in [0.4, 0.5) is 5.69 Å². The van der Waals surface area contributed by atoms with Gasteiger partial charge in [0.25, 0.3) is 11.5 Å². The van der Waals surface area contributed by atoms with Gasteiger partial charge in [0, 0.05) is 15.5 Å². The second-order valence-electron chi connectivity index (χ2n) is 9.50. The number of ether oxygens (including phenoxy) is 1. The zero-order chi connectivity index (χ0) is 29.2. The second kappa shape index (κ2) is 11.8. The molecule has 2 heterocycles. The smallest absolute Gasteiger partial charge is 0.282 e. The minimum atomic E-state index is -0.327. The van der Waals surface area contributed by atoms with E-state index in [1.54, 1.807) is 42.6 Å². The van der Waals surface area contributed by atoms with Gasteiger partial charge in [0.1, 0.15) is 11.3 Å². The maximum atomic E-state index is 13.5. The van der Waals surface area contributed by atoms with Gasteiger partial charge >= 0.3 is 0 Å². The van der Waals surface area contributed by atoms with Crippen molar-refractivity contribution in [2.45, 2.75) is 6.92 Å². The van der Waals surface area contributed by atoms with Gasteiger partial charge in [0.05, 0.1) is 21.6 Å². The maximum absolute atomic E-state index is 13.5. The van der Waals surface area contributed by atoms with Gasteiger partial charge in [-0.15, -0.1) is 0 Å². The van der Waals surface area contributed by atoms with Crippen LogP contribution >= 0.6 is 31.9 Å². The molecule has 208 valence electrons. The molecule has 4 aromatic carbocycles. The Morgan fingerprint density at radius 1 is 1.02 bits per heavy atom. The first-order valence-corrected chi connectivity index (χ1v) is 14.5. The highest BCUT2D eigenvalue weighted by molar-refractivity contribution is 9.10. The summed E-state index contributed by atoms with van der Waals surface area (Å²) in [6, 6.07) is 27.4. The number of fused-ring (bicyclic) bond motifs is 2. The molecule has 2 aromatic heterocycles. The number of halogens is 2. The van der Waals surface area contributed by atoms with E-state index in [4.69, 9.17) is 14.1 Å². The summed E-state index contributed by atoms with van der Waals surface area (Å²) in [7, 11) is 0. The summed E-state index contributed by atoms with van der Waals surface area (Å²) in [5, 5.41) is 8.62. The SMILES string of the molecule is Cc1ccc(NC(=O)COc2ccc(C=Nn3c(-c4cc5cc(Br)ccc5o4)nc4ccccc4c3=O)cc2Br)cc1.